The van der Waals surface area contributed by atoms with E-state index in [0.717, 1.165) is 34.9 Å². The van der Waals surface area contributed by atoms with Crippen molar-refractivity contribution in [2.45, 2.75) is 43.3 Å². The highest BCUT2D eigenvalue weighted by molar-refractivity contribution is 7.99. The Labute approximate surface area is 195 Å². The Bertz CT molecular complexity index is 1080. The van der Waals surface area contributed by atoms with E-state index in [-0.39, 0.29) is 17.4 Å². The van der Waals surface area contributed by atoms with Crippen LogP contribution in [0.1, 0.15) is 43.7 Å². The normalized spacial score (nSPS) is 14.7. The van der Waals surface area contributed by atoms with Crippen molar-refractivity contribution in [1.29, 1.82) is 0 Å². The molecular weight excluding hydrogens is 446 g/mol. The number of carbonyl (C=O) groups excluding carboxylic acids is 1. The van der Waals surface area contributed by atoms with Gasteiger partial charge in [-0.05, 0) is 66.9 Å². The van der Waals surface area contributed by atoms with E-state index < -0.39 is 0 Å². The minimum Gasteiger partial charge on any atom is -0.508 e. The number of aromatic nitrogens is 3. The van der Waals surface area contributed by atoms with E-state index >= 15 is 0 Å². The van der Waals surface area contributed by atoms with Crippen LogP contribution in [0.5, 0.6) is 5.75 Å². The minimum atomic E-state index is -0.226. The van der Waals surface area contributed by atoms with Crippen LogP contribution in [0.15, 0.2) is 58.8 Å². The molecule has 1 fully saturated rings. The third kappa shape index (κ3) is 5.69. The lowest BCUT2D eigenvalue weighted by Gasteiger charge is -2.25. The maximum atomic E-state index is 12.3. The van der Waals surface area contributed by atoms with E-state index in [1.165, 1.54) is 37.2 Å². The number of halogens is 1. The third-order valence-electron chi connectivity index (χ3n) is 5.34. The number of carbonyl (C=O) groups is 1. The Morgan fingerprint density at radius 3 is 2.56 bits per heavy atom. The van der Waals surface area contributed by atoms with E-state index in [2.05, 4.69) is 25.3 Å². The lowest BCUT2D eigenvalue weighted by atomic mass is 9.95. The number of rotatable bonds is 7. The summed E-state index contributed by atoms with van der Waals surface area (Å²) in [6, 6.07) is 14.5. The van der Waals surface area contributed by atoms with Crippen molar-refractivity contribution in [2.75, 3.05) is 5.75 Å². The first-order valence-electron chi connectivity index (χ1n) is 10.5. The van der Waals surface area contributed by atoms with Crippen LogP contribution < -0.4 is 5.43 Å². The average Bonchev–Trinajstić information content (AvgIpc) is 3.24. The van der Waals surface area contributed by atoms with Gasteiger partial charge in [-0.3, -0.25) is 9.36 Å². The Morgan fingerprint density at radius 2 is 1.84 bits per heavy atom. The highest BCUT2D eigenvalue weighted by Gasteiger charge is 2.24. The molecule has 1 aromatic heterocycles. The first kappa shape index (κ1) is 22.4. The molecular formula is C23H24ClN5O2S. The van der Waals surface area contributed by atoms with Gasteiger partial charge in [0.05, 0.1) is 12.0 Å². The number of thioether (sulfide) groups is 1. The molecule has 1 heterocycles. The van der Waals surface area contributed by atoms with Gasteiger partial charge in [-0.25, -0.2) is 5.43 Å². The summed E-state index contributed by atoms with van der Waals surface area (Å²) in [5, 5.41) is 23.6. The van der Waals surface area contributed by atoms with Crippen LogP contribution in [-0.4, -0.2) is 37.7 Å². The zero-order valence-electron chi connectivity index (χ0n) is 17.4. The van der Waals surface area contributed by atoms with Crippen LogP contribution in [0.3, 0.4) is 0 Å². The van der Waals surface area contributed by atoms with Crippen molar-refractivity contribution < 1.29 is 9.90 Å². The molecule has 0 spiro atoms. The van der Waals surface area contributed by atoms with Crippen molar-refractivity contribution in [1.82, 2.24) is 20.2 Å². The molecule has 0 bridgehead atoms. The minimum absolute atomic E-state index is 0.179. The number of benzene rings is 2. The lowest BCUT2D eigenvalue weighted by molar-refractivity contribution is -0.118. The van der Waals surface area contributed by atoms with Crippen LogP contribution in [-0.2, 0) is 4.79 Å². The van der Waals surface area contributed by atoms with E-state index in [1.807, 2.05) is 24.3 Å². The molecule has 0 aliphatic heterocycles. The smallest absolute Gasteiger partial charge is 0.250 e. The van der Waals surface area contributed by atoms with E-state index in [1.54, 1.807) is 24.3 Å². The van der Waals surface area contributed by atoms with E-state index in [4.69, 9.17) is 11.6 Å². The number of phenols is 1. The molecule has 1 aliphatic rings. The predicted molar refractivity (Wildman–Crippen MR) is 127 cm³/mol. The fourth-order valence-electron chi connectivity index (χ4n) is 3.74. The van der Waals surface area contributed by atoms with Crippen molar-refractivity contribution >= 4 is 35.5 Å². The summed E-state index contributed by atoms with van der Waals surface area (Å²) in [6.07, 6.45) is 7.30. The van der Waals surface area contributed by atoms with Crippen LogP contribution in [0, 0.1) is 0 Å². The van der Waals surface area contributed by atoms with Crippen LogP contribution in [0.4, 0.5) is 0 Å². The number of nitrogens with one attached hydrogen (secondary N) is 1. The molecule has 2 aromatic carbocycles. The van der Waals surface area contributed by atoms with Gasteiger partial charge in [-0.2, -0.15) is 5.10 Å². The Hall–Kier alpha value is -2.84. The summed E-state index contributed by atoms with van der Waals surface area (Å²) < 4.78 is 2.18. The van der Waals surface area contributed by atoms with Crippen LogP contribution in [0.2, 0.25) is 5.02 Å². The largest absolute Gasteiger partial charge is 0.508 e. The Kier molecular flexibility index (Phi) is 7.44. The number of amides is 1. The van der Waals surface area contributed by atoms with Gasteiger partial charge in [-0.1, -0.05) is 42.6 Å². The standard InChI is InChI=1S/C23H24ClN5O2S/c24-18-10-8-17(9-11-18)22-27-28-23(29(22)19-4-2-1-3-5-19)32-15-21(31)26-25-14-16-6-12-20(30)13-7-16/h6-14,19,30H,1-5,15H2,(H,26,31)/b25-14+. The molecule has 1 saturated carbocycles. The Balaban J connectivity index is 1.44. The van der Waals surface area contributed by atoms with Crippen molar-refractivity contribution in [2.24, 2.45) is 5.10 Å². The van der Waals surface area contributed by atoms with E-state index in [0.29, 0.717) is 11.1 Å². The summed E-state index contributed by atoms with van der Waals surface area (Å²) in [5.74, 6) is 0.944. The van der Waals surface area contributed by atoms with Gasteiger partial charge in [0.1, 0.15) is 5.75 Å². The topological polar surface area (TPSA) is 92.4 Å². The second kappa shape index (κ2) is 10.7. The number of nitrogens with zero attached hydrogens (tertiary/aromatic N) is 4. The molecule has 1 aliphatic carbocycles. The highest BCUT2D eigenvalue weighted by Crippen LogP contribution is 2.35. The van der Waals surface area contributed by atoms with Crippen LogP contribution in [0.25, 0.3) is 11.4 Å². The molecule has 166 valence electrons. The van der Waals surface area contributed by atoms with Gasteiger partial charge in [0.2, 0.25) is 0 Å². The number of aromatic hydroxyl groups is 1. The molecule has 1 amide bonds. The zero-order valence-corrected chi connectivity index (χ0v) is 19.0. The van der Waals surface area contributed by atoms with Crippen LogP contribution >= 0.6 is 23.4 Å². The molecule has 0 atom stereocenters. The second-order valence-corrected chi connectivity index (χ2v) is 9.03. The van der Waals surface area contributed by atoms with Gasteiger partial charge in [0.15, 0.2) is 11.0 Å². The number of hydrogen-bond acceptors (Lipinski definition) is 6. The lowest BCUT2D eigenvalue weighted by Crippen LogP contribution is -2.20. The fraction of sp³-hybridized carbons (Fsp3) is 0.304. The molecule has 2 N–H and O–H groups in total. The van der Waals surface area contributed by atoms with Gasteiger partial charge < -0.3 is 5.11 Å². The number of hydrogen-bond donors (Lipinski definition) is 2. The molecule has 7 nitrogen and oxygen atoms in total. The third-order valence-corrected chi connectivity index (χ3v) is 6.53. The van der Waals surface area contributed by atoms with Gasteiger partial charge in [-0.15, -0.1) is 10.2 Å². The Morgan fingerprint density at radius 1 is 1.12 bits per heavy atom. The maximum Gasteiger partial charge on any atom is 0.250 e. The fourth-order valence-corrected chi connectivity index (χ4v) is 4.67. The average molecular weight is 470 g/mol. The maximum absolute atomic E-state index is 12.3. The first-order chi connectivity index (χ1) is 15.6. The summed E-state index contributed by atoms with van der Waals surface area (Å²) in [6.45, 7) is 0. The molecule has 0 radical (unpaired) electrons. The van der Waals surface area contributed by atoms with E-state index in [9.17, 15) is 9.90 Å². The van der Waals surface area contributed by atoms with Crippen molar-refractivity contribution in [3.63, 3.8) is 0 Å². The summed E-state index contributed by atoms with van der Waals surface area (Å²) >= 11 is 7.41. The zero-order chi connectivity index (χ0) is 22.3. The first-order valence-corrected chi connectivity index (χ1v) is 11.9. The molecule has 3 aromatic rings. The van der Waals surface area contributed by atoms with Gasteiger partial charge in [0, 0.05) is 16.6 Å². The summed E-state index contributed by atoms with van der Waals surface area (Å²) in [4.78, 5) is 12.3. The molecule has 9 heteroatoms. The highest BCUT2D eigenvalue weighted by atomic mass is 35.5. The molecule has 4 rings (SSSR count). The monoisotopic (exact) mass is 469 g/mol. The summed E-state index contributed by atoms with van der Waals surface area (Å²) in [7, 11) is 0. The number of hydrazone groups is 1. The van der Waals surface area contributed by atoms with Crippen molar-refractivity contribution in [3.05, 3.63) is 59.1 Å². The predicted octanol–water partition coefficient (Wildman–Crippen LogP) is 5.05. The van der Waals surface area contributed by atoms with Gasteiger partial charge >= 0.3 is 0 Å². The van der Waals surface area contributed by atoms with Crippen molar-refractivity contribution in [3.8, 4) is 17.1 Å². The SMILES string of the molecule is O=C(CSc1nnc(-c2ccc(Cl)cc2)n1C1CCCCC1)N/N=C/c1ccc(O)cc1. The summed E-state index contributed by atoms with van der Waals surface area (Å²) in [5.41, 5.74) is 4.27. The second-order valence-electron chi connectivity index (χ2n) is 7.65. The molecule has 0 unspecified atom stereocenters. The van der Waals surface area contributed by atoms with Gasteiger partial charge in [0.25, 0.3) is 5.91 Å². The quantitative estimate of drug-likeness (QED) is 0.287. The molecule has 32 heavy (non-hydrogen) atoms. The number of phenolic OH excluding ortho intramolecular Hbond substituents is 1. The molecule has 0 saturated heterocycles.